The van der Waals surface area contributed by atoms with Gasteiger partial charge in [0, 0.05) is 11.8 Å². The first kappa shape index (κ1) is 19.2. The molecule has 1 aromatic rings. The zero-order chi connectivity index (χ0) is 18.4. The van der Waals surface area contributed by atoms with Crippen molar-refractivity contribution in [2.75, 3.05) is 18.5 Å². The van der Waals surface area contributed by atoms with Gasteiger partial charge < -0.3 is 19.5 Å². The maximum Gasteiger partial charge on any atom is 0.344 e. The van der Waals surface area contributed by atoms with Gasteiger partial charge in [0.05, 0.1) is 18.9 Å². The molecular weight excluding hydrogens is 322 g/mol. The summed E-state index contributed by atoms with van der Waals surface area (Å²) >= 11 is 0. The highest BCUT2D eigenvalue weighted by Crippen LogP contribution is 2.31. The van der Waals surface area contributed by atoms with E-state index in [-0.39, 0.29) is 18.1 Å². The van der Waals surface area contributed by atoms with E-state index in [1.165, 1.54) is 0 Å². The first-order valence-corrected chi connectivity index (χ1v) is 8.72. The second-order valence-electron chi connectivity index (χ2n) is 7.02. The van der Waals surface area contributed by atoms with Crippen LogP contribution in [0.1, 0.15) is 57.3 Å². The molecule has 6 nitrogen and oxygen atoms in total. The van der Waals surface area contributed by atoms with Crippen molar-refractivity contribution in [2.45, 2.75) is 53.2 Å². The number of ether oxygens (including phenoxy) is 3. The Morgan fingerprint density at radius 1 is 1.28 bits per heavy atom. The molecule has 1 saturated heterocycles. The minimum absolute atomic E-state index is 0.191. The number of anilines is 1. The van der Waals surface area contributed by atoms with Crippen molar-refractivity contribution in [1.29, 1.82) is 0 Å². The van der Waals surface area contributed by atoms with Gasteiger partial charge >= 0.3 is 5.97 Å². The van der Waals surface area contributed by atoms with Gasteiger partial charge in [0.1, 0.15) is 11.3 Å². The van der Waals surface area contributed by atoms with E-state index in [2.05, 4.69) is 5.32 Å². The summed E-state index contributed by atoms with van der Waals surface area (Å²) in [5.41, 5.74) is 0.0118. The van der Waals surface area contributed by atoms with Crippen molar-refractivity contribution in [2.24, 2.45) is 5.41 Å². The minimum atomic E-state index is -0.588. The topological polar surface area (TPSA) is 73.9 Å². The molecule has 0 spiro atoms. The van der Waals surface area contributed by atoms with Gasteiger partial charge in [-0.1, -0.05) is 26.8 Å². The predicted octanol–water partition coefficient (Wildman–Crippen LogP) is 3.75. The molecule has 1 fully saturated rings. The number of amides is 1. The fraction of sp³-hybridized carbons (Fsp3) is 0.579. The Bertz CT molecular complexity index is 615. The average Bonchev–Trinajstić information content (AvgIpc) is 2.55. The van der Waals surface area contributed by atoms with E-state index in [4.69, 9.17) is 14.2 Å². The molecule has 1 aromatic carbocycles. The standard InChI is InChI=1S/C19H27NO5/c1-5-23-17(21)16-13(20-18(22)19(2,3)4)9-8-10-14(16)25-15-11-6-7-12-24-15/h8-10,15H,5-7,11-12H2,1-4H3,(H,20,22). The Balaban J connectivity index is 2.32. The van der Waals surface area contributed by atoms with Crippen LogP contribution in [-0.2, 0) is 14.3 Å². The number of hydrogen-bond acceptors (Lipinski definition) is 5. The summed E-state index contributed by atoms with van der Waals surface area (Å²) in [6.45, 7) is 8.03. The highest BCUT2D eigenvalue weighted by molar-refractivity contribution is 6.04. The zero-order valence-corrected chi connectivity index (χ0v) is 15.4. The van der Waals surface area contributed by atoms with Crippen LogP contribution in [0.2, 0.25) is 0 Å². The lowest BCUT2D eigenvalue weighted by Gasteiger charge is -2.25. The summed E-state index contributed by atoms with van der Waals surface area (Å²) in [7, 11) is 0. The van der Waals surface area contributed by atoms with Crippen molar-refractivity contribution in [3.8, 4) is 5.75 Å². The number of esters is 1. The molecule has 1 unspecified atom stereocenters. The normalized spacial score (nSPS) is 17.7. The number of nitrogens with one attached hydrogen (secondary N) is 1. The van der Waals surface area contributed by atoms with Crippen molar-refractivity contribution in [1.82, 2.24) is 0 Å². The Morgan fingerprint density at radius 2 is 2.04 bits per heavy atom. The SMILES string of the molecule is CCOC(=O)c1c(NC(=O)C(C)(C)C)cccc1OC1CCCCO1. The quantitative estimate of drug-likeness (QED) is 0.820. The van der Waals surface area contributed by atoms with Crippen LogP contribution in [0.15, 0.2) is 18.2 Å². The fourth-order valence-corrected chi connectivity index (χ4v) is 2.40. The van der Waals surface area contributed by atoms with E-state index in [0.717, 1.165) is 19.3 Å². The van der Waals surface area contributed by atoms with Gasteiger partial charge in [0.2, 0.25) is 5.91 Å². The van der Waals surface area contributed by atoms with E-state index in [1.807, 2.05) is 20.8 Å². The summed E-state index contributed by atoms with van der Waals surface area (Å²) in [6.07, 6.45) is 2.39. The van der Waals surface area contributed by atoms with Crippen LogP contribution < -0.4 is 10.1 Å². The zero-order valence-electron chi connectivity index (χ0n) is 15.4. The van der Waals surface area contributed by atoms with E-state index < -0.39 is 17.7 Å². The van der Waals surface area contributed by atoms with Crippen LogP contribution in [0.25, 0.3) is 0 Å². The van der Waals surface area contributed by atoms with Crippen LogP contribution >= 0.6 is 0 Å². The highest BCUT2D eigenvalue weighted by atomic mass is 16.7. The summed E-state index contributed by atoms with van der Waals surface area (Å²) in [6, 6.07) is 5.10. The number of carbonyl (C=O) groups is 2. The van der Waals surface area contributed by atoms with E-state index >= 15 is 0 Å². The molecule has 0 bridgehead atoms. The third kappa shape index (κ3) is 5.19. The van der Waals surface area contributed by atoms with E-state index in [0.29, 0.717) is 18.0 Å². The van der Waals surface area contributed by atoms with Gasteiger partial charge in [-0.25, -0.2) is 4.79 Å². The lowest BCUT2D eigenvalue weighted by atomic mass is 9.95. The highest BCUT2D eigenvalue weighted by Gasteiger charge is 2.27. The fourth-order valence-electron chi connectivity index (χ4n) is 2.40. The van der Waals surface area contributed by atoms with Crippen molar-refractivity contribution in [3.63, 3.8) is 0 Å². The molecule has 0 aromatic heterocycles. The smallest absolute Gasteiger partial charge is 0.344 e. The molecule has 1 amide bonds. The molecule has 25 heavy (non-hydrogen) atoms. The van der Waals surface area contributed by atoms with Gasteiger partial charge in [0.25, 0.3) is 0 Å². The maximum absolute atomic E-state index is 12.5. The molecule has 1 aliphatic heterocycles. The predicted molar refractivity (Wildman–Crippen MR) is 94.7 cm³/mol. The minimum Gasteiger partial charge on any atom is -0.464 e. The molecule has 1 N–H and O–H groups in total. The molecule has 0 saturated carbocycles. The van der Waals surface area contributed by atoms with Gasteiger partial charge in [0.15, 0.2) is 6.29 Å². The first-order chi connectivity index (χ1) is 11.8. The Morgan fingerprint density at radius 3 is 2.64 bits per heavy atom. The molecular formula is C19H27NO5. The van der Waals surface area contributed by atoms with Crippen LogP contribution in [0.5, 0.6) is 5.75 Å². The summed E-state index contributed by atoms with van der Waals surface area (Å²) in [5, 5.41) is 2.81. The number of rotatable bonds is 5. The molecule has 1 atom stereocenters. The van der Waals surface area contributed by atoms with Crippen molar-refractivity contribution < 1.29 is 23.8 Å². The number of hydrogen-bond donors (Lipinski definition) is 1. The van der Waals surface area contributed by atoms with Gasteiger partial charge in [-0.3, -0.25) is 4.79 Å². The number of carbonyl (C=O) groups excluding carboxylic acids is 2. The third-order valence-corrected chi connectivity index (χ3v) is 3.83. The molecule has 0 aliphatic carbocycles. The summed E-state index contributed by atoms with van der Waals surface area (Å²) in [5.74, 6) is -0.362. The molecule has 6 heteroatoms. The largest absolute Gasteiger partial charge is 0.464 e. The molecule has 0 radical (unpaired) electrons. The van der Waals surface area contributed by atoms with Crippen LogP contribution in [-0.4, -0.2) is 31.4 Å². The first-order valence-electron chi connectivity index (χ1n) is 8.72. The van der Waals surface area contributed by atoms with Gasteiger partial charge in [-0.05, 0) is 31.9 Å². The Kier molecular flexibility index (Phi) is 6.42. The molecule has 2 rings (SSSR count). The van der Waals surface area contributed by atoms with Gasteiger partial charge in [-0.2, -0.15) is 0 Å². The molecule has 1 heterocycles. The van der Waals surface area contributed by atoms with E-state index in [9.17, 15) is 9.59 Å². The molecule has 1 aliphatic rings. The molecule has 138 valence electrons. The maximum atomic E-state index is 12.5. The number of benzene rings is 1. The second kappa shape index (κ2) is 8.34. The lowest BCUT2D eigenvalue weighted by Crippen LogP contribution is -2.29. The summed E-state index contributed by atoms with van der Waals surface area (Å²) in [4.78, 5) is 24.8. The van der Waals surface area contributed by atoms with Crippen LogP contribution in [0, 0.1) is 5.41 Å². The second-order valence-corrected chi connectivity index (χ2v) is 7.02. The van der Waals surface area contributed by atoms with E-state index in [1.54, 1.807) is 25.1 Å². The van der Waals surface area contributed by atoms with Crippen LogP contribution in [0.3, 0.4) is 0 Å². The van der Waals surface area contributed by atoms with Crippen molar-refractivity contribution in [3.05, 3.63) is 23.8 Å². The van der Waals surface area contributed by atoms with Gasteiger partial charge in [-0.15, -0.1) is 0 Å². The lowest BCUT2D eigenvalue weighted by molar-refractivity contribution is -0.123. The summed E-state index contributed by atoms with van der Waals surface area (Å²) < 4.78 is 16.6. The third-order valence-electron chi connectivity index (χ3n) is 3.83. The van der Waals surface area contributed by atoms with Crippen LogP contribution in [0.4, 0.5) is 5.69 Å². The monoisotopic (exact) mass is 349 g/mol. The van der Waals surface area contributed by atoms with Crippen molar-refractivity contribution >= 4 is 17.6 Å². The Labute approximate surface area is 148 Å². The average molecular weight is 349 g/mol. The Hall–Kier alpha value is -2.08.